The third-order valence-corrected chi connectivity index (χ3v) is 3.24. The molecule has 0 amide bonds. The Morgan fingerprint density at radius 2 is 2.22 bits per heavy atom. The molecular weight excluding hydrogens is 253 g/mol. The highest BCUT2D eigenvalue weighted by Crippen LogP contribution is 2.19. The van der Waals surface area contributed by atoms with Crippen LogP contribution in [0.15, 0.2) is 18.2 Å². The number of ether oxygens (including phenoxy) is 1. The number of hydrogen-bond donors (Lipinski definition) is 1. The molecule has 4 heteroatoms. The predicted molar refractivity (Wildman–Crippen MR) is 73.7 cm³/mol. The molecule has 1 aromatic carbocycles. The van der Waals surface area contributed by atoms with E-state index in [-0.39, 0.29) is 5.82 Å². The van der Waals surface area contributed by atoms with E-state index < -0.39 is 0 Å². The second kappa shape index (κ2) is 8.46. The van der Waals surface area contributed by atoms with E-state index in [4.69, 9.17) is 16.3 Å². The normalized spacial score (nSPS) is 12.7. The minimum atomic E-state index is -0.235. The summed E-state index contributed by atoms with van der Waals surface area (Å²) in [5.41, 5.74) is 0.861. The Morgan fingerprint density at radius 1 is 1.44 bits per heavy atom. The molecule has 0 aliphatic carbocycles. The Bertz CT molecular complexity index is 360. The molecule has 0 saturated carbocycles. The van der Waals surface area contributed by atoms with Crippen molar-refractivity contribution in [3.05, 3.63) is 34.6 Å². The van der Waals surface area contributed by atoms with Gasteiger partial charge in [0, 0.05) is 24.8 Å². The zero-order valence-electron chi connectivity index (χ0n) is 11.0. The lowest BCUT2D eigenvalue weighted by molar-refractivity contribution is 0.188. The summed E-state index contributed by atoms with van der Waals surface area (Å²) in [6, 6.07) is 4.83. The van der Waals surface area contributed by atoms with Gasteiger partial charge in [-0.1, -0.05) is 18.5 Å². The molecule has 0 radical (unpaired) electrons. The highest BCUT2D eigenvalue weighted by Gasteiger charge is 2.11. The van der Waals surface area contributed by atoms with Crippen LogP contribution in [0.1, 0.15) is 25.3 Å². The van der Waals surface area contributed by atoms with Crippen LogP contribution in [0.2, 0.25) is 5.02 Å². The first kappa shape index (κ1) is 15.4. The summed E-state index contributed by atoms with van der Waals surface area (Å²) in [4.78, 5) is 0. The van der Waals surface area contributed by atoms with Crippen LogP contribution < -0.4 is 5.32 Å². The molecule has 18 heavy (non-hydrogen) atoms. The van der Waals surface area contributed by atoms with Crippen molar-refractivity contribution in [1.82, 2.24) is 5.32 Å². The van der Waals surface area contributed by atoms with Gasteiger partial charge in [0.15, 0.2) is 0 Å². The van der Waals surface area contributed by atoms with Crippen molar-refractivity contribution in [3.63, 3.8) is 0 Å². The average Bonchev–Trinajstić information content (AvgIpc) is 2.34. The molecule has 1 aromatic rings. The number of benzene rings is 1. The van der Waals surface area contributed by atoms with E-state index in [0.717, 1.165) is 38.0 Å². The minimum Gasteiger partial charge on any atom is -0.385 e. The van der Waals surface area contributed by atoms with Gasteiger partial charge in [-0.15, -0.1) is 0 Å². The molecule has 0 spiro atoms. The van der Waals surface area contributed by atoms with E-state index in [1.54, 1.807) is 13.2 Å². The van der Waals surface area contributed by atoms with Gasteiger partial charge in [-0.3, -0.25) is 0 Å². The molecule has 0 fully saturated rings. The maximum atomic E-state index is 13.2. The second-order valence-corrected chi connectivity index (χ2v) is 4.74. The van der Waals surface area contributed by atoms with Gasteiger partial charge < -0.3 is 10.1 Å². The fourth-order valence-corrected chi connectivity index (χ4v) is 2.20. The number of rotatable bonds is 8. The fraction of sp³-hybridized carbons (Fsp3) is 0.571. The van der Waals surface area contributed by atoms with Crippen molar-refractivity contribution in [2.75, 3.05) is 20.3 Å². The van der Waals surface area contributed by atoms with Crippen molar-refractivity contribution >= 4 is 11.6 Å². The molecule has 2 nitrogen and oxygen atoms in total. The van der Waals surface area contributed by atoms with E-state index in [1.807, 2.05) is 0 Å². The van der Waals surface area contributed by atoms with Gasteiger partial charge in [0.2, 0.25) is 0 Å². The van der Waals surface area contributed by atoms with Crippen LogP contribution >= 0.6 is 11.6 Å². The Morgan fingerprint density at radius 3 is 2.89 bits per heavy atom. The van der Waals surface area contributed by atoms with Gasteiger partial charge in [0.05, 0.1) is 0 Å². The fourth-order valence-electron chi connectivity index (χ4n) is 2.00. The van der Waals surface area contributed by atoms with Gasteiger partial charge in [-0.25, -0.2) is 4.39 Å². The Labute approximate surface area is 113 Å². The number of halogens is 2. The van der Waals surface area contributed by atoms with Crippen LogP contribution in [0.3, 0.4) is 0 Å². The van der Waals surface area contributed by atoms with Crippen molar-refractivity contribution < 1.29 is 9.13 Å². The minimum absolute atomic E-state index is 0.235. The van der Waals surface area contributed by atoms with Crippen LogP contribution in [0, 0.1) is 5.82 Å². The summed E-state index contributed by atoms with van der Waals surface area (Å²) >= 11 is 6.08. The van der Waals surface area contributed by atoms with E-state index in [1.165, 1.54) is 12.1 Å². The maximum absolute atomic E-state index is 13.2. The van der Waals surface area contributed by atoms with Gasteiger partial charge in [0.25, 0.3) is 0 Å². The third-order valence-electron chi connectivity index (χ3n) is 2.87. The Hall–Kier alpha value is -0.640. The molecular formula is C14H21ClFNO. The molecule has 0 bridgehead atoms. The predicted octanol–water partition coefficient (Wildman–Crippen LogP) is 3.43. The number of likely N-dealkylation sites (N-methyl/N-ethyl adjacent to an activating group) is 1. The second-order valence-electron chi connectivity index (χ2n) is 4.33. The van der Waals surface area contributed by atoms with Gasteiger partial charge in [-0.05, 0) is 49.6 Å². The molecule has 1 rings (SSSR count). The number of hydrogen-bond acceptors (Lipinski definition) is 2. The van der Waals surface area contributed by atoms with E-state index in [9.17, 15) is 4.39 Å². The van der Waals surface area contributed by atoms with Crippen molar-refractivity contribution in [1.29, 1.82) is 0 Å². The van der Waals surface area contributed by atoms with Gasteiger partial charge in [0.1, 0.15) is 5.82 Å². The number of nitrogens with one attached hydrogen (secondary N) is 1. The van der Waals surface area contributed by atoms with Gasteiger partial charge >= 0.3 is 0 Å². The lowest BCUT2D eigenvalue weighted by Gasteiger charge is -2.18. The van der Waals surface area contributed by atoms with E-state index in [2.05, 4.69) is 12.2 Å². The zero-order chi connectivity index (χ0) is 13.4. The van der Waals surface area contributed by atoms with Crippen molar-refractivity contribution in [2.24, 2.45) is 0 Å². The van der Waals surface area contributed by atoms with E-state index >= 15 is 0 Å². The highest BCUT2D eigenvalue weighted by molar-refractivity contribution is 6.31. The molecule has 102 valence electrons. The SMILES string of the molecule is CCNC(CCCOC)Cc1cc(F)ccc1Cl. The summed E-state index contributed by atoms with van der Waals surface area (Å²) < 4.78 is 18.2. The highest BCUT2D eigenvalue weighted by atomic mass is 35.5. The molecule has 0 saturated heterocycles. The first-order valence-corrected chi connectivity index (χ1v) is 6.71. The van der Waals surface area contributed by atoms with Crippen LogP contribution in [0.25, 0.3) is 0 Å². The average molecular weight is 274 g/mol. The van der Waals surface area contributed by atoms with Gasteiger partial charge in [-0.2, -0.15) is 0 Å². The summed E-state index contributed by atoms with van der Waals surface area (Å²) in [6.45, 7) is 3.71. The lowest BCUT2D eigenvalue weighted by Crippen LogP contribution is -2.31. The maximum Gasteiger partial charge on any atom is 0.123 e. The zero-order valence-corrected chi connectivity index (χ0v) is 11.8. The van der Waals surface area contributed by atoms with Crippen LogP contribution in [-0.2, 0) is 11.2 Å². The summed E-state index contributed by atoms with van der Waals surface area (Å²) in [5.74, 6) is -0.235. The van der Waals surface area contributed by atoms with Crippen LogP contribution in [-0.4, -0.2) is 26.3 Å². The third kappa shape index (κ3) is 5.34. The quantitative estimate of drug-likeness (QED) is 0.733. The van der Waals surface area contributed by atoms with Crippen LogP contribution in [0.5, 0.6) is 0 Å². The van der Waals surface area contributed by atoms with Crippen molar-refractivity contribution in [2.45, 2.75) is 32.2 Å². The number of methoxy groups -OCH3 is 1. The molecule has 1 N–H and O–H groups in total. The first-order chi connectivity index (χ1) is 8.67. The summed E-state index contributed by atoms with van der Waals surface area (Å²) in [6.07, 6.45) is 2.73. The van der Waals surface area contributed by atoms with E-state index in [0.29, 0.717) is 11.1 Å². The summed E-state index contributed by atoms with van der Waals surface area (Å²) in [5, 5.41) is 4.03. The first-order valence-electron chi connectivity index (χ1n) is 6.33. The summed E-state index contributed by atoms with van der Waals surface area (Å²) in [7, 11) is 1.70. The molecule has 1 unspecified atom stereocenters. The molecule has 0 aliphatic heterocycles. The molecule has 0 heterocycles. The molecule has 0 aromatic heterocycles. The Kier molecular flexibility index (Phi) is 7.25. The standard InChI is InChI=1S/C14H21ClFNO/c1-3-17-13(5-4-8-18-2)10-11-9-12(16)6-7-14(11)15/h6-7,9,13,17H,3-5,8,10H2,1-2H3. The smallest absolute Gasteiger partial charge is 0.123 e. The largest absolute Gasteiger partial charge is 0.385 e. The molecule has 1 atom stereocenters. The van der Waals surface area contributed by atoms with Crippen molar-refractivity contribution in [3.8, 4) is 0 Å². The molecule has 0 aliphatic rings. The topological polar surface area (TPSA) is 21.3 Å². The Balaban J connectivity index is 2.60. The van der Waals surface area contributed by atoms with Crippen LogP contribution in [0.4, 0.5) is 4.39 Å². The monoisotopic (exact) mass is 273 g/mol. The lowest BCUT2D eigenvalue weighted by atomic mass is 10.0.